The van der Waals surface area contributed by atoms with Gasteiger partial charge in [0.1, 0.15) is 53.8 Å². The Morgan fingerprint density at radius 2 is 1.91 bits per heavy atom. The molecule has 2 aliphatic heterocycles. The summed E-state index contributed by atoms with van der Waals surface area (Å²) in [6, 6.07) is 5.17. The van der Waals surface area contributed by atoms with Gasteiger partial charge in [0.15, 0.2) is 11.5 Å². The summed E-state index contributed by atoms with van der Waals surface area (Å²) in [5.41, 5.74) is 3.71. The molecule has 2 aromatic carbocycles. The van der Waals surface area contributed by atoms with Crippen LogP contribution in [0.1, 0.15) is 54.4 Å². The average Bonchev–Trinajstić information content (AvgIpc) is 3.68. The Hall–Kier alpha value is -3.67. The molecule has 2 aromatic rings. The highest BCUT2D eigenvalue weighted by Crippen LogP contribution is 2.46. The van der Waals surface area contributed by atoms with Gasteiger partial charge in [-0.15, -0.1) is 0 Å². The van der Waals surface area contributed by atoms with Crippen molar-refractivity contribution in [3.63, 3.8) is 0 Å². The molecule has 2 fully saturated rings. The number of aliphatic hydroxyl groups is 3. The molecule has 5 atom stereocenters. The van der Waals surface area contributed by atoms with Crippen LogP contribution in [0.2, 0.25) is 0 Å². The van der Waals surface area contributed by atoms with Crippen molar-refractivity contribution in [2.24, 2.45) is 4.99 Å². The maximum atomic E-state index is 12.8. The molecule has 0 bridgehead atoms. The fourth-order valence-electron chi connectivity index (χ4n) is 6.37. The van der Waals surface area contributed by atoms with Gasteiger partial charge in [0, 0.05) is 30.7 Å². The van der Waals surface area contributed by atoms with Crippen LogP contribution in [0.3, 0.4) is 0 Å². The second-order valence-electron chi connectivity index (χ2n) is 11.4. The number of Topliss-reactive ketones (excluding diaryl/α,β-unsaturated/α-hetero) is 1. The third-order valence-corrected chi connectivity index (χ3v) is 8.62. The standard InChI is InChI=1S/C33H35NO9/c1-17(35)27-23(18-7-3-4-8-18)12-19-11-21(40-2)13-25(28(19)30(27)37)42-33-32(39)31(38)29(36)26(43-33)16-41-15-20-14-34-24-10-6-5-9-22(20)24/h5-6,9-14,18,26,29,31-33,36,38-39H,3-4,7-8,15-16H2,1-2H3/p+1/t26-,29-,31+,32-,33+/m1/s1. The molecular weight excluding hydrogens is 554 g/mol. The van der Waals surface area contributed by atoms with E-state index in [1.807, 2.05) is 30.7 Å². The molecule has 2 heterocycles. The number of carbonyl (C=O) groups is 1. The van der Waals surface area contributed by atoms with E-state index in [1.54, 1.807) is 12.3 Å². The second-order valence-corrected chi connectivity index (χ2v) is 11.4. The van der Waals surface area contributed by atoms with E-state index in [-0.39, 0.29) is 47.4 Å². The molecule has 0 unspecified atom stereocenters. The number of phenols is 1. The Balaban J connectivity index is 1.27. The first kappa shape index (κ1) is 29.4. The van der Waals surface area contributed by atoms with Crippen molar-refractivity contribution in [3.8, 4) is 17.2 Å². The van der Waals surface area contributed by atoms with Gasteiger partial charge in [-0.2, -0.15) is 4.99 Å². The van der Waals surface area contributed by atoms with Crippen LogP contribution >= 0.6 is 0 Å². The lowest BCUT2D eigenvalue weighted by molar-refractivity contribution is -0.279. The Kier molecular flexibility index (Phi) is 8.30. The van der Waals surface area contributed by atoms with E-state index in [0.29, 0.717) is 11.1 Å². The Morgan fingerprint density at radius 3 is 2.65 bits per heavy atom. The molecule has 4 aliphatic rings. The van der Waals surface area contributed by atoms with Crippen LogP contribution in [-0.2, 0) is 9.47 Å². The zero-order valence-electron chi connectivity index (χ0n) is 24.1. The molecule has 10 heteroatoms. The maximum absolute atomic E-state index is 12.8. The molecule has 1 saturated heterocycles. The predicted octanol–water partition coefficient (Wildman–Crippen LogP) is 3.66. The van der Waals surface area contributed by atoms with Crippen LogP contribution in [0, 0.1) is 6.42 Å². The Labute approximate surface area is 249 Å². The summed E-state index contributed by atoms with van der Waals surface area (Å²) in [5.74, 6) is 0.198. The first-order chi connectivity index (χ1) is 20.8. The van der Waals surface area contributed by atoms with E-state index in [2.05, 4.69) is 4.99 Å². The van der Waals surface area contributed by atoms with Crippen LogP contribution in [0.15, 0.2) is 58.3 Å². The van der Waals surface area contributed by atoms with Gasteiger partial charge in [0.25, 0.3) is 0 Å². The van der Waals surface area contributed by atoms with E-state index in [1.165, 1.54) is 20.1 Å². The fraction of sp³-hybridized carbons (Fsp3) is 0.424. The molecule has 2 aliphatic carbocycles. The van der Waals surface area contributed by atoms with Crippen molar-refractivity contribution < 1.29 is 44.2 Å². The number of aromatic hydroxyl groups is 1. The smallest absolute Gasteiger partial charge is 0.229 e. The zero-order chi connectivity index (χ0) is 30.2. The topological polar surface area (TPSA) is 147 Å². The second kappa shape index (κ2) is 12.1. The number of aliphatic imine (C=N–C) groups is 1. The molecule has 0 aromatic heterocycles. The number of nitrogens with zero attached hydrogens (tertiary/aromatic N) is 1. The van der Waals surface area contributed by atoms with Crippen molar-refractivity contribution in [2.45, 2.75) is 69.2 Å². The molecule has 4 N–H and O–H groups in total. The zero-order valence-corrected chi connectivity index (χ0v) is 24.1. The van der Waals surface area contributed by atoms with Crippen LogP contribution in [0.4, 0.5) is 0 Å². The van der Waals surface area contributed by atoms with Gasteiger partial charge < -0.3 is 39.4 Å². The molecular formula is C33H36NO9+. The maximum Gasteiger partial charge on any atom is 0.229 e. The summed E-state index contributed by atoms with van der Waals surface area (Å²) in [6.45, 7) is 1.52. The number of hydrogen-bond donors (Lipinski definition) is 4. The highest BCUT2D eigenvalue weighted by atomic mass is 16.7. The van der Waals surface area contributed by atoms with Gasteiger partial charge in [0.05, 0.1) is 36.5 Å². The number of carbonyl (C=O) groups excluding carboxylic acids is 1. The van der Waals surface area contributed by atoms with E-state index in [0.717, 1.165) is 48.1 Å². The number of aliphatic hydroxyl groups excluding tert-OH is 3. The van der Waals surface area contributed by atoms with Gasteiger partial charge in [0.2, 0.25) is 6.29 Å². The van der Waals surface area contributed by atoms with Crippen molar-refractivity contribution in [1.29, 1.82) is 0 Å². The Bertz CT molecular complexity index is 1530. The summed E-state index contributed by atoms with van der Waals surface area (Å²) in [5, 5.41) is 44.5. The number of fused-ring (bicyclic) bond motifs is 2. The first-order valence-electron chi connectivity index (χ1n) is 14.6. The summed E-state index contributed by atoms with van der Waals surface area (Å²) in [4.78, 5) is 17.1. The van der Waals surface area contributed by atoms with Gasteiger partial charge in [-0.05, 0) is 48.8 Å². The minimum absolute atomic E-state index is 0.0916. The van der Waals surface area contributed by atoms with Gasteiger partial charge in [-0.3, -0.25) is 4.79 Å². The number of hydrogen-bond acceptors (Lipinski definition) is 10. The minimum Gasteiger partial charge on any atom is -0.506 e. The van der Waals surface area contributed by atoms with Crippen LogP contribution in [0.5, 0.6) is 17.2 Å². The van der Waals surface area contributed by atoms with Crippen LogP contribution in [-0.4, -0.2) is 83.5 Å². The lowest BCUT2D eigenvalue weighted by Crippen LogP contribution is -2.60. The minimum atomic E-state index is -1.62. The predicted molar refractivity (Wildman–Crippen MR) is 159 cm³/mol. The monoisotopic (exact) mass is 590 g/mol. The molecule has 1 saturated carbocycles. The van der Waals surface area contributed by atoms with E-state index >= 15 is 0 Å². The average molecular weight is 591 g/mol. The van der Waals surface area contributed by atoms with Crippen LogP contribution in [0.25, 0.3) is 10.8 Å². The fourth-order valence-corrected chi connectivity index (χ4v) is 6.37. The number of methoxy groups -OCH3 is 1. The molecule has 0 amide bonds. The molecule has 0 spiro atoms. The van der Waals surface area contributed by atoms with Gasteiger partial charge in [-0.1, -0.05) is 12.8 Å². The molecule has 10 nitrogen and oxygen atoms in total. The SMILES string of the molecule is COc1cc(O[C@H]2O[C@H](COCC3=C4[CH+]C=CC=C4N=C3)[C@@H](O)[C@H](O)[C@H]2O)c2c(O)c(C(C)=O)c(C3CCCC3)cc2c1. The quantitative estimate of drug-likeness (QED) is 0.254. The van der Waals surface area contributed by atoms with Crippen LogP contribution < -0.4 is 9.47 Å². The number of ketones is 1. The number of allylic oxidation sites excluding steroid dienone is 4. The van der Waals surface area contributed by atoms with E-state index < -0.39 is 30.7 Å². The highest BCUT2D eigenvalue weighted by Gasteiger charge is 2.45. The van der Waals surface area contributed by atoms with Crippen molar-refractivity contribution in [2.75, 3.05) is 20.3 Å². The molecule has 6 rings (SSSR count). The van der Waals surface area contributed by atoms with Crippen molar-refractivity contribution in [3.05, 3.63) is 70.8 Å². The summed E-state index contributed by atoms with van der Waals surface area (Å²) in [7, 11) is 1.50. The molecule has 0 radical (unpaired) electrons. The lowest BCUT2D eigenvalue weighted by atomic mass is 9.87. The molecule has 226 valence electrons. The van der Waals surface area contributed by atoms with E-state index in [9.17, 15) is 25.2 Å². The highest BCUT2D eigenvalue weighted by molar-refractivity contribution is 6.07. The van der Waals surface area contributed by atoms with Crippen molar-refractivity contribution >= 4 is 22.8 Å². The number of rotatable bonds is 9. The third-order valence-electron chi connectivity index (χ3n) is 8.62. The van der Waals surface area contributed by atoms with Crippen molar-refractivity contribution in [1.82, 2.24) is 0 Å². The Morgan fingerprint density at radius 1 is 1.12 bits per heavy atom. The number of ether oxygens (including phenoxy) is 4. The largest absolute Gasteiger partial charge is 0.506 e. The summed E-state index contributed by atoms with van der Waals surface area (Å²) < 4.78 is 23.4. The summed E-state index contributed by atoms with van der Waals surface area (Å²) >= 11 is 0. The van der Waals surface area contributed by atoms with Gasteiger partial charge in [-0.25, -0.2) is 0 Å². The third kappa shape index (κ3) is 5.57. The number of phenolic OH excluding ortho intramolecular Hbond substituents is 1. The molecule has 43 heavy (non-hydrogen) atoms. The first-order valence-corrected chi connectivity index (χ1v) is 14.6. The van der Waals surface area contributed by atoms with Gasteiger partial charge >= 0.3 is 0 Å². The lowest BCUT2D eigenvalue weighted by Gasteiger charge is -2.40. The van der Waals surface area contributed by atoms with E-state index in [4.69, 9.17) is 18.9 Å². The number of benzene rings is 2. The normalized spacial score (nSPS) is 26.9. The summed E-state index contributed by atoms with van der Waals surface area (Å²) in [6.07, 6.45) is 6.24.